The van der Waals surface area contributed by atoms with Crippen LogP contribution in [-0.4, -0.2) is 39.4 Å². The average molecular weight is 512 g/mol. The first-order chi connectivity index (χ1) is 17.9. The van der Waals surface area contributed by atoms with Crippen molar-refractivity contribution < 1.29 is 9.59 Å². The summed E-state index contributed by atoms with van der Waals surface area (Å²) in [5.74, 6) is 0.301. The highest BCUT2D eigenvalue weighted by Gasteiger charge is 2.30. The van der Waals surface area contributed by atoms with Gasteiger partial charge in [-0.3, -0.25) is 14.6 Å². The van der Waals surface area contributed by atoms with Crippen molar-refractivity contribution in [1.82, 2.24) is 14.5 Å². The van der Waals surface area contributed by atoms with E-state index in [9.17, 15) is 9.59 Å². The van der Waals surface area contributed by atoms with Gasteiger partial charge in [-0.2, -0.15) is 5.26 Å². The van der Waals surface area contributed by atoms with Crippen molar-refractivity contribution in [3.05, 3.63) is 81.5 Å². The zero-order valence-corrected chi connectivity index (χ0v) is 22.0. The number of pyridine rings is 1. The summed E-state index contributed by atoms with van der Waals surface area (Å²) in [5.41, 5.74) is 5.74. The van der Waals surface area contributed by atoms with Crippen LogP contribution in [0.1, 0.15) is 54.2 Å². The third-order valence-electron chi connectivity index (χ3n) is 7.47. The van der Waals surface area contributed by atoms with E-state index in [1.807, 2.05) is 41.6 Å². The number of rotatable bonds is 4. The Morgan fingerprint density at radius 2 is 1.95 bits per heavy atom. The van der Waals surface area contributed by atoms with Gasteiger partial charge in [-0.25, -0.2) is 0 Å². The Kier molecular flexibility index (Phi) is 6.90. The quantitative estimate of drug-likeness (QED) is 0.494. The minimum atomic E-state index is -0.352. The number of aryl methyl sites for hydroxylation is 1. The van der Waals surface area contributed by atoms with Crippen molar-refractivity contribution >= 4 is 40.2 Å². The first-order valence-corrected chi connectivity index (χ1v) is 13.4. The van der Waals surface area contributed by atoms with Crippen molar-refractivity contribution in [1.29, 1.82) is 5.26 Å². The second kappa shape index (κ2) is 10.3. The molecule has 1 atom stereocenters. The number of anilines is 1. The zero-order chi connectivity index (χ0) is 26.1. The number of hydrogen-bond acceptors (Lipinski definition) is 5. The molecular weight excluding hydrogens is 482 g/mol. The number of nitriles is 1. The number of fused-ring (bicyclic) bond motifs is 1. The summed E-state index contributed by atoms with van der Waals surface area (Å²) in [6.07, 6.45) is 5.43. The molecule has 7 nitrogen and oxygen atoms in total. The Labute approximate surface area is 220 Å². The first-order valence-electron chi connectivity index (χ1n) is 12.4. The van der Waals surface area contributed by atoms with Crippen molar-refractivity contribution in [2.75, 3.05) is 18.4 Å². The summed E-state index contributed by atoms with van der Waals surface area (Å²) in [5, 5.41) is 17.2. The molecule has 0 aliphatic carbocycles. The fraction of sp³-hybridized carbons (Fsp3) is 0.310. The Hall–Kier alpha value is -3.83. The van der Waals surface area contributed by atoms with E-state index in [0.717, 1.165) is 42.4 Å². The number of nitrogens with zero attached hydrogens (tertiary/aromatic N) is 4. The van der Waals surface area contributed by atoms with Crippen LogP contribution in [0.15, 0.2) is 64.7 Å². The Morgan fingerprint density at radius 3 is 2.70 bits per heavy atom. The molecule has 188 valence electrons. The average Bonchev–Trinajstić information content (AvgIpc) is 3.25. The molecule has 2 aliphatic heterocycles. The number of nitrogens with one attached hydrogen (secondary N) is 1. The lowest BCUT2D eigenvalue weighted by molar-refractivity contribution is -0.128. The Bertz CT molecular complexity index is 1490. The molecule has 2 aromatic heterocycles. The van der Waals surface area contributed by atoms with Crippen LogP contribution in [0.4, 0.5) is 5.69 Å². The molecule has 0 spiro atoms. The van der Waals surface area contributed by atoms with Crippen molar-refractivity contribution in [2.45, 2.75) is 32.6 Å². The Balaban J connectivity index is 1.31. The standard InChI is InChI=1S/C29H29N5O2S/c1-18-16-37-17-25(19(18)2)29(36)34-10-7-21(8-11-34)24-15-33(3)27-5-4-22(13-23(24)27)32-28(35)26-12-20(14-30)6-9-31-26/h4-6,9,12-13,15-17,19,21H,7-8,10-11H2,1-3H3,(H,32,35). The molecule has 0 saturated carbocycles. The van der Waals surface area contributed by atoms with E-state index in [1.54, 1.807) is 17.8 Å². The molecule has 1 aromatic carbocycles. The number of benzene rings is 1. The van der Waals surface area contributed by atoms with Gasteiger partial charge in [-0.05, 0) is 72.4 Å². The highest BCUT2D eigenvalue weighted by Crippen LogP contribution is 2.37. The van der Waals surface area contributed by atoms with Gasteiger partial charge in [-0.1, -0.05) is 12.5 Å². The molecule has 37 heavy (non-hydrogen) atoms. The van der Waals surface area contributed by atoms with Crippen LogP contribution < -0.4 is 5.32 Å². The van der Waals surface area contributed by atoms with E-state index >= 15 is 0 Å². The van der Waals surface area contributed by atoms with E-state index in [2.05, 4.69) is 40.3 Å². The van der Waals surface area contributed by atoms with E-state index < -0.39 is 0 Å². The smallest absolute Gasteiger partial charge is 0.274 e. The van der Waals surface area contributed by atoms with Gasteiger partial charge < -0.3 is 14.8 Å². The summed E-state index contributed by atoms with van der Waals surface area (Å²) in [6.45, 7) is 5.65. The number of aromatic nitrogens is 2. The normalized spacial score (nSPS) is 18.2. The maximum absolute atomic E-state index is 13.2. The monoisotopic (exact) mass is 511 g/mol. The molecule has 1 saturated heterocycles. The number of thioether (sulfide) groups is 1. The zero-order valence-electron chi connectivity index (χ0n) is 21.2. The minimum Gasteiger partial charge on any atom is -0.350 e. The third kappa shape index (κ3) is 4.92. The maximum Gasteiger partial charge on any atom is 0.274 e. The highest BCUT2D eigenvalue weighted by molar-refractivity contribution is 8.05. The summed E-state index contributed by atoms with van der Waals surface area (Å²) >= 11 is 1.59. The lowest BCUT2D eigenvalue weighted by Gasteiger charge is -2.34. The van der Waals surface area contributed by atoms with Crippen LogP contribution in [0.25, 0.3) is 10.9 Å². The number of carbonyl (C=O) groups excluding carboxylic acids is 2. The van der Waals surface area contributed by atoms with Crippen LogP contribution in [0, 0.1) is 17.2 Å². The van der Waals surface area contributed by atoms with E-state index in [0.29, 0.717) is 17.2 Å². The van der Waals surface area contributed by atoms with Crippen LogP contribution >= 0.6 is 11.8 Å². The molecule has 1 unspecified atom stereocenters. The lowest BCUT2D eigenvalue weighted by Crippen LogP contribution is -2.40. The molecule has 8 heteroatoms. The number of piperidine rings is 1. The SMILES string of the molecule is CC1=CSC=C(C(=O)N2CCC(c3cn(C)c4ccc(NC(=O)c5cc(C#N)ccn5)cc34)CC2)C1C. The highest BCUT2D eigenvalue weighted by atomic mass is 32.2. The van der Waals surface area contributed by atoms with Crippen molar-refractivity contribution in [3.8, 4) is 6.07 Å². The van der Waals surface area contributed by atoms with Crippen molar-refractivity contribution in [3.63, 3.8) is 0 Å². The summed E-state index contributed by atoms with van der Waals surface area (Å²) in [7, 11) is 2.03. The van der Waals surface area contributed by atoms with Crippen LogP contribution in [0.5, 0.6) is 0 Å². The third-order valence-corrected chi connectivity index (χ3v) is 8.37. The molecule has 5 rings (SSSR count). The molecular formula is C29H29N5O2S. The molecule has 2 amide bonds. The van der Waals surface area contributed by atoms with E-state index in [1.165, 1.54) is 23.4 Å². The fourth-order valence-corrected chi connectivity index (χ4v) is 6.06. The molecule has 3 aromatic rings. The number of carbonyl (C=O) groups is 2. The van der Waals surface area contributed by atoms with Gasteiger partial charge in [0.1, 0.15) is 5.69 Å². The van der Waals surface area contributed by atoms with Gasteiger partial charge in [0.2, 0.25) is 0 Å². The van der Waals surface area contributed by atoms with E-state index in [4.69, 9.17) is 5.26 Å². The van der Waals surface area contributed by atoms with Crippen LogP contribution in [-0.2, 0) is 11.8 Å². The van der Waals surface area contributed by atoms with Crippen LogP contribution in [0.2, 0.25) is 0 Å². The number of amides is 2. The fourth-order valence-electron chi connectivity index (χ4n) is 5.12. The number of allylic oxidation sites excluding steroid dienone is 1. The second-order valence-corrected chi connectivity index (χ2v) is 10.5. The minimum absolute atomic E-state index is 0.155. The molecule has 0 bridgehead atoms. The maximum atomic E-state index is 13.2. The molecule has 1 N–H and O–H groups in total. The first kappa shape index (κ1) is 24.8. The predicted octanol–water partition coefficient (Wildman–Crippen LogP) is 5.57. The molecule has 1 fully saturated rings. The number of hydrogen-bond donors (Lipinski definition) is 1. The topological polar surface area (TPSA) is 91.0 Å². The summed E-state index contributed by atoms with van der Waals surface area (Å²) in [6, 6.07) is 11.0. The summed E-state index contributed by atoms with van der Waals surface area (Å²) < 4.78 is 2.12. The predicted molar refractivity (Wildman–Crippen MR) is 147 cm³/mol. The van der Waals surface area contributed by atoms with Crippen LogP contribution in [0.3, 0.4) is 0 Å². The lowest BCUT2D eigenvalue weighted by atomic mass is 9.88. The molecule has 4 heterocycles. The van der Waals surface area contributed by atoms with E-state index in [-0.39, 0.29) is 23.4 Å². The molecule has 2 aliphatic rings. The van der Waals surface area contributed by atoms with Crippen molar-refractivity contribution in [2.24, 2.45) is 13.0 Å². The summed E-state index contributed by atoms with van der Waals surface area (Å²) in [4.78, 5) is 32.1. The van der Waals surface area contributed by atoms with Gasteiger partial charge in [-0.15, -0.1) is 11.8 Å². The largest absolute Gasteiger partial charge is 0.350 e. The van der Waals surface area contributed by atoms with Gasteiger partial charge >= 0.3 is 0 Å². The molecule has 0 radical (unpaired) electrons. The van der Waals surface area contributed by atoms with Gasteiger partial charge in [0.15, 0.2) is 0 Å². The van der Waals surface area contributed by atoms with Gasteiger partial charge in [0.05, 0.1) is 11.6 Å². The van der Waals surface area contributed by atoms with Gasteiger partial charge in [0.25, 0.3) is 11.8 Å². The second-order valence-electron chi connectivity index (χ2n) is 9.78. The number of likely N-dealkylation sites (tertiary alicyclic amines) is 1. The van der Waals surface area contributed by atoms with Gasteiger partial charge in [0, 0.05) is 60.6 Å². The Morgan fingerprint density at radius 1 is 1.16 bits per heavy atom.